The maximum Gasteiger partial charge on any atom is 0.0318 e. The summed E-state index contributed by atoms with van der Waals surface area (Å²) in [5, 5.41) is 0. The number of nitrogens with two attached hydrogens (primary N) is 1. The third kappa shape index (κ3) is 2.33. The molecule has 0 aliphatic heterocycles. The molecule has 1 aliphatic rings. The van der Waals surface area contributed by atoms with Gasteiger partial charge in [-0.05, 0) is 32.1 Å². The molecule has 1 unspecified atom stereocenters. The first-order valence-electron chi connectivity index (χ1n) is 4.28. The molecule has 0 fully saturated rings. The highest BCUT2D eigenvalue weighted by molar-refractivity contribution is 5.17. The second-order valence-corrected chi connectivity index (χ2v) is 5.01. The second-order valence-electron chi connectivity index (χ2n) is 5.01. The lowest BCUT2D eigenvalue weighted by molar-refractivity contribution is 0.255. The van der Waals surface area contributed by atoms with Gasteiger partial charge in [0.1, 0.15) is 0 Å². The quantitative estimate of drug-likeness (QED) is 0.531. The third-order valence-corrected chi connectivity index (χ3v) is 2.19. The molecule has 1 nitrogen and oxygen atoms in total. The van der Waals surface area contributed by atoms with Crippen LogP contribution < -0.4 is 5.73 Å². The lowest BCUT2D eigenvalue weighted by Crippen LogP contribution is -2.41. The zero-order chi connectivity index (χ0) is 8.70. The fourth-order valence-corrected chi connectivity index (χ4v) is 2.51. The summed E-state index contributed by atoms with van der Waals surface area (Å²) in [6.45, 7) is 8.85. The molecule has 11 heavy (non-hydrogen) atoms. The molecule has 1 heteroatoms. The van der Waals surface area contributed by atoms with E-state index in [9.17, 15) is 0 Å². The summed E-state index contributed by atoms with van der Waals surface area (Å²) in [6.07, 6.45) is 4.50. The van der Waals surface area contributed by atoms with Crippen LogP contribution in [-0.4, -0.2) is 5.54 Å². The molecule has 0 saturated carbocycles. The fraction of sp³-hybridized carbons (Fsp3) is 0.800. The number of hydrogen-bond acceptors (Lipinski definition) is 1. The van der Waals surface area contributed by atoms with Crippen molar-refractivity contribution in [3.05, 3.63) is 11.6 Å². The summed E-state index contributed by atoms with van der Waals surface area (Å²) in [5.74, 6) is 0. The second kappa shape index (κ2) is 2.34. The summed E-state index contributed by atoms with van der Waals surface area (Å²) >= 11 is 0. The van der Waals surface area contributed by atoms with Gasteiger partial charge < -0.3 is 5.73 Å². The van der Waals surface area contributed by atoms with Crippen molar-refractivity contribution in [3.63, 3.8) is 0 Å². The zero-order valence-corrected chi connectivity index (χ0v) is 8.07. The van der Waals surface area contributed by atoms with E-state index in [4.69, 9.17) is 5.73 Å². The molecular weight excluding hydrogens is 134 g/mol. The minimum Gasteiger partial charge on any atom is -0.322 e. The highest BCUT2D eigenvalue weighted by Crippen LogP contribution is 2.38. The van der Waals surface area contributed by atoms with Gasteiger partial charge in [0.2, 0.25) is 0 Å². The first-order chi connectivity index (χ1) is 4.81. The summed E-state index contributed by atoms with van der Waals surface area (Å²) in [5.41, 5.74) is 7.82. The average Bonchev–Trinajstić information content (AvgIpc) is 1.49. The Morgan fingerprint density at radius 2 is 1.91 bits per heavy atom. The van der Waals surface area contributed by atoms with Gasteiger partial charge in [-0.2, -0.15) is 0 Å². The molecule has 1 atom stereocenters. The molecule has 1 aliphatic carbocycles. The highest BCUT2D eigenvalue weighted by atomic mass is 14.7. The molecule has 1 rings (SSSR count). The Labute approximate surface area is 69.7 Å². The van der Waals surface area contributed by atoms with E-state index in [-0.39, 0.29) is 5.54 Å². The Morgan fingerprint density at radius 1 is 1.36 bits per heavy atom. The van der Waals surface area contributed by atoms with Crippen LogP contribution in [-0.2, 0) is 0 Å². The van der Waals surface area contributed by atoms with E-state index < -0.39 is 0 Å². The minimum atomic E-state index is -0.0775. The van der Waals surface area contributed by atoms with Crippen molar-refractivity contribution in [2.24, 2.45) is 11.1 Å². The van der Waals surface area contributed by atoms with Gasteiger partial charge in [0.15, 0.2) is 0 Å². The van der Waals surface area contributed by atoms with E-state index in [0.717, 1.165) is 6.42 Å². The molecule has 64 valence electrons. The van der Waals surface area contributed by atoms with Crippen LogP contribution in [0.5, 0.6) is 0 Å². The van der Waals surface area contributed by atoms with Crippen molar-refractivity contribution in [3.8, 4) is 0 Å². The highest BCUT2D eigenvalue weighted by Gasteiger charge is 2.31. The SMILES string of the molecule is CC1=CC(C)(N)CC(C)(C)C1. The van der Waals surface area contributed by atoms with Crippen LogP contribution in [0.25, 0.3) is 0 Å². The van der Waals surface area contributed by atoms with E-state index in [1.165, 1.54) is 12.0 Å². The van der Waals surface area contributed by atoms with Gasteiger partial charge in [0.05, 0.1) is 0 Å². The van der Waals surface area contributed by atoms with E-state index >= 15 is 0 Å². The lowest BCUT2D eigenvalue weighted by atomic mass is 9.71. The molecule has 0 aromatic rings. The number of allylic oxidation sites excluding steroid dienone is 1. The van der Waals surface area contributed by atoms with Gasteiger partial charge >= 0.3 is 0 Å². The Bertz CT molecular complexity index is 187. The average molecular weight is 153 g/mol. The lowest BCUT2D eigenvalue weighted by Gasteiger charge is -2.38. The largest absolute Gasteiger partial charge is 0.322 e. The molecule has 0 aromatic carbocycles. The summed E-state index contributed by atoms with van der Waals surface area (Å²) in [6, 6.07) is 0. The van der Waals surface area contributed by atoms with Gasteiger partial charge in [-0.15, -0.1) is 0 Å². The molecule has 0 radical (unpaired) electrons. The van der Waals surface area contributed by atoms with Crippen molar-refractivity contribution in [2.75, 3.05) is 0 Å². The summed E-state index contributed by atoms with van der Waals surface area (Å²) in [4.78, 5) is 0. The molecular formula is C10H19N. The molecule has 0 heterocycles. The Balaban J connectivity index is 2.86. The topological polar surface area (TPSA) is 26.0 Å². The Hall–Kier alpha value is -0.300. The first-order valence-corrected chi connectivity index (χ1v) is 4.28. The van der Waals surface area contributed by atoms with Crippen LogP contribution in [0.4, 0.5) is 0 Å². The smallest absolute Gasteiger partial charge is 0.0318 e. The maximum absolute atomic E-state index is 6.07. The van der Waals surface area contributed by atoms with Gasteiger partial charge in [-0.25, -0.2) is 0 Å². The monoisotopic (exact) mass is 153 g/mol. The van der Waals surface area contributed by atoms with Crippen LogP contribution in [0.3, 0.4) is 0 Å². The van der Waals surface area contributed by atoms with E-state index in [1.807, 2.05) is 0 Å². The van der Waals surface area contributed by atoms with Gasteiger partial charge in [0.25, 0.3) is 0 Å². The van der Waals surface area contributed by atoms with E-state index in [2.05, 4.69) is 33.8 Å². The van der Waals surface area contributed by atoms with Crippen LogP contribution in [0.15, 0.2) is 11.6 Å². The molecule has 0 amide bonds. The molecule has 0 spiro atoms. The first kappa shape index (κ1) is 8.79. The van der Waals surface area contributed by atoms with Crippen LogP contribution in [0, 0.1) is 5.41 Å². The van der Waals surface area contributed by atoms with Crippen LogP contribution in [0.1, 0.15) is 40.5 Å². The molecule has 0 bridgehead atoms. The Morgan fingerprint density at radius 3 is 2.27 bits per heavy atom. The summed E-state index contributed by atoms with van der Waals surface area (Å²) in [7, 11) is 0. The van der Waals surface area contributed by atoms with E-state index in [0.29, 0.717) is 5.41 Å². The predicted octanol–water partition coefficient (Wildman–Crippen LogP) is 2.47. The maximum atomic E-state index is 6.07. The Kier molecular flexibility index (Phi) is 1.87. The number of hydrogen-bond donors (Lipinski definition) is 1. The van der Waals surface area contributed by atoms with Crippen LogP contribution >= 0.6 is 0 Å². The third-order valence-electron chi connectivity index (χ3n) is 2.19. The van der Waals surface area contributed by atoms with Gasteiger partial charge in [-0.1, -0.05) is 25.5 Å². The zero-order valence-electron chi connectivity index (χ0n) is 8.07. The van der Waals surface area contributed by atoms with Crippen molar-refractivity contribution < 1.29 is 0 Å². The van der Waals surface area contributed by atoms with Crippen LogP contribution in [0.2, 0.25) is 0 Å². The van der Waals surface area contributed by atoms with Crippen molar-refractivity contribution >= 4 is 0 Å². The van der Waals surface area contributed by atoms with Crippen molar-refractivity contribution in [1.29, 1.82) is 0 Å². The standard InChI is InChI=1S/C10H19N/c1-8-5-9(2,3)7-10(4,11)6-8/h6H,5,7,11H2,1-4H3. The van der Waals surface area contributed by atoms with Crippen molar-refractivity contribution in [2.45, 2.75) is 46.1 Å². The summed E-state index contributed by atoms with van der Waals surface area (Å²) < 4.78 is 0. The van der Waals surface area contributed by atoms with Gasteiger partial charge in [0, 0.05) is 5.54 Å². The van der Waals surface area contributed by atoms with Gasteiger partial charge in [-0.3, -0.25) is 0 Å². The number of rotatable bonds is 0. The predicted molar refractivity (Wildman–Crippen MR) is 49.4 cm³/mol. The molecule has 0 aromatic heterocycles. The van der Waals surface area contributed by atoms with Crippen molar-refractivity contribution in [1.82, 2.24) is 0 Å². The fourth-order valence-electron chi connectivity index (χ4n) is 2.51. The normalized spacial score (nSPS) is 36.6. The van der Waals surface area contributed by atoms with E-state index in [1.54, 1.807) is 0 Å². The molecule has 0 saturated heterocycles. The molecule has 2 N–H and O–H groups in total. The minimum absolute atomic E-state index is 0.0775.